The van der Waals surface area contributed by atoms with Gasteiger partial charge in [-0.1, -0.05) is 0 Å². The van der Waals surface area contributed by atoms with Crippen LogP contribution in [0.15, 0.2) is 0 Å². The average Bonchev–Trinajstić information content (AvgIpc) is 3.21. The highest BCUT2D eigenvalue weighted by Crippen LogP contribution is 2.24. The van der Waals surface area contributed by atoms with Gasteiger partial charge in [0.2, 0.25) is 11.8 Å². The molecule has 9 heteroatoms. The lowest BCUT2D eigenvalue weighted by Gasteiger charge is -2.28. The number of hydrogen-bond acceptors (Lipinski definition) is 5. The highest BCUT2D eigenvalue weighted by molar-refractivity contribution is 5.89. The first-order valence-electron chi connectivity index (χ1n) is 9.18. The maximum absolute atomic E-state index is 12.7. The van der Waals surface area contributed by atoms with Gasteiger partial charge in [-0.2, -0.15) is 0 Å². The van der Waals surface area contributed by atoms with Crippen LogP contribution in [0.4, 0.5) is 0 Å². The van der Waals surface area contributed by atoms with Crippen LogP contribution in [0.2, 0.25) is 0 Å². The second-order valence-corrected chi connectivity index (χ2v) is 7.19. The van der Waals surface area contributed by atoms with E-state index in [0.29, 0.717) is 18.9 Å². The summed E-state index contributed by atoms with van der Waals surface area (Å²) in [6, 6.07) is 0. The smallest absolute Gasteiger partial charge is 0.228 e. The van der Waals surface area contributed by atoms with Crippen molar-refractivity contribution in [2.75, 3.05) is 72.6 Å². The molecule has 0 aromatic rings. The highest BCUT2D eigenvalue weighted by atomic mass is 35.5. The second-order valence-electron chi connectivity index (χ2n) is 7.19. The van der Waals surface area contributed by atoms with E-state index in [2.05, 4.69) is 10.2 Å². The number of halogens is 2. The average molecular weight is 411 g/mol. The van der Waals surface area contributed by atoms with Crippen LogP contribution in [0.1, 0.15) is 12.8 Å². The Labute approximate surface area is 168 Å². The molecule has 2 amide bonds. The highest BCUT2D eigenvalue weighted by Gasteiger charge is 2.38. The predicted molar refractivity (Wildman–Crippen MR) is 105 cm³/mol. The number of amides is 2. The van der Waals surface area contributed by atoms with Gasteiger partial charge < -0.3 is 19.9 Å². The third kappa shape index (κ3) is 5.96. The summed E-state index contributed by atoms with van der Waals surface area (Å²) in [7, 11) is 1.95. The third-order valence-electron chi connectivity index (χ3n) is 5.44. The number of morpholine rings is 1. The zero-order valence-electron chi connectivity index (χ0n) is 15.5. The molecule has 0 spiro atoms. The number of rotatable bonds is 6. The Bertz CT molecular complexity index is 463. The van der Waals surface area contributed by atoms with Crippen molar-refractivity contribution in [3.05, 3.63) is 0 Å². The lowest BCUT2D eigenvalue weighted by molar-refractivity contribution is -0.135. The van der Waals surface area contributed by atoms with Gasteiger partial charge in [0.15, 0.2) is 0 Å². The van der Waals surface area contributed by atoms with E-state index in [1.807, 2.05) is 16.8 Å². The maximum Gasteiger partial charge on any atom is 0.228 e. The summed E-state index contributed by atoms with van der Waals surface area (Å²) in [5, 5.41) is 3.19. The number of carbonyl (C=O) groups is 2. The van der Waals surface area contributed by atoms with E-state index < -0.39 is 0 Å². The Morgan fingerprint density at radius 1 is 1.15 bits per heavy atom. The van der Waals surface area contributed by atoms with Crippen molar-refractivity contribution in [2.24, 2.45) is 11.8 Å². The van der Waals surface area contributed by atoms with E-state index in [1.54, 1.807) is 0 Å². The summed E-state index contributed by atoms with van der Waals surface area (Å²) in [6.07, 6.45) is 1.45. The maximum atomic E-state index is 12.7. The number of carbonyl (C=O) groups excluding carboxylic acids is 2. The van der Waals surface area contributed by atoms with Crippen LogP contribution in [0.5, 0.6) is 0 Å². The molecule has 0 aliphatic carbocycles. The largest absolute Gasteiger partial charge is 0.379 e. The summed E-state index contributed by atoms with van der Waals surface area (Å²) in [5.41, 5.74) is 0. The van der Waals surface area contributed by atoms with Crippen molar-refractivity contribution < 1.29 is 14.3 Å². The van der Waals surface area contributed by atoms with E-state index >= 15 is 0 Å². The molecule has 0 aromatic carbocycles. The van der Waals surface area contributed by atoms with E-state index in [9.17, 15) is 9.59 Å². The van der Waals surface area contributed by atoms with Crippen molar-refractivity contribution in [1.82, 2.24) is 20.0 Å². The van der Waals surface area contributed by atoms with Crippen LogP contribution in [0.3, 0.4) is 0 Å². The number of ether oxygens (including phenoxy) is 1. The first-order chi connectivity index (χ1) is 11.7. The summed E-state index contributed by atoms with van der Waals surface area (Å²) >= 11 is 0. The summed E-state index contributed by atoms with van der Waals surface area (Å²) < 4.78 is 5.35. The minimum atomic E-state index is -0.143. The van der Waals surface area contributed by atoms with Gasteiger partial charge in [0.05, 0.1) is 19.1 Å². The van der Waals surface area contributed by atoms with Gasteiger partial charge in [-0.25, -0.2) is 0 Å². The lowest BCUT2D eigenvalue weighted by Crippen LogP contribution is -2.42. The van der Waals surface area contributed by atoms with Crippen LogP contribution in [0, 0.1) is 11.8 Å². The molecule has 3 heterocycles. The Morgan fingerprint density at radius 2 is 1.88 bits per heavy atom. The van der Waals surface area contributed by atoms with Crippen molar-refractivity contribution >= 4 is 36.6 Å². The van der Waals surface area contributed by atoms with Crippen molar-refractivity contribution in [1.29, 1.82) is 0 Å². The molecule has 3 saturated heterocycles. The van der Waals surface area contributed by atoms with Crippen LogP contribution in [-0.4, -0.2) is 99.1 Å². The van der Waals surface area contributed by atoms with Gasteiger partial charge in [-0.15, -0.1) is 24.8 Å². The van der Waals surface area contributed by atoms with Gasteiger partial charge in [0.1, 0.15) is 0 Å². The van der Waals surface area contributed by atoms with E-state index in [-0.39, 0.29) is 42.5 Å². The number of nitrogens with zero attached hydrogens (tertiary/aromatic N) is 3. The van der Waals surface area contributed by atoms with Crippen molar-refractivity contribution in [2.45, 2.75) is 12.8 Å². The fourth-order valence-electron chi connectivity index (χ4n) is 3.99. The fourth-order valence-corrected chi connectivity index (χ4v) is 3.99. The quantitative estimate of drug-likeness (QED) is 0.671. The third-order valence-corrected chi connectivity index (χ3v) is 5.44. The Balaban J connectivity index is 0.00000169. The Hall–Kier alpha value is -0.600. The number of hydrogen-bond donors (Lipinski definition) is 1. The molecule has 2 atom stereocenters. The SMILES string of the molecule is CNCC1CCN(C(=O)C2CC(=O)N(CCN3CCOCC3)C2)C1.Cl.Cl. The molecular formula is C17H32Cl2N4O3. The summed E-state index contributed by atoms with van der Waals surface area (Å²) in [6.45, 7) is 8.25. The molecule has 3 rings (SSSR count). The lowest BCUT2D eigenvalue weighted by atomic mass is 10.1. The number of nitrogens with one attached hydrogen (secondary N) is 1. The monoisotopic (exact) mass is 410 g/mol. The number of likely N-dealkylation sites (tertiary alicyclic amines) is 2. The molecule has 3 aliphatic rings. The summed E-state index contributed by atoms with van der Waals surface area (Å²) in [4.78, 5) is 31.1. The first-order valence-corrected chi connectivity index (χ1v) is 9.18. The van der Waals surface area contributed by atoms with E-state index in [4.69, 9.17) is 4.74 Å². The molecule has 0 radical (unpaired) electrons. The standard InChI is InChI=1S/C17H30N4O3.2ClH/c1-18-11-14-2-3-21(12-14)17(23)15-10-16(22)20(13-15)5-4-19-6-8-24-9-7-19;;/h14-15,18H,2-13H2,1H3;2*1H. The van der Waals surface area contributed by atoms with E-state index in [1.165, 1.54) is 0 Å². The van der Waals surface area contributed by atoms with Gasteiger partial charge >= 0.3 is 0 Å². The molecule has 0 bridgehead atoms. The Morgan fingerprint density at radius 3 is 2.58 bits per heavy atom. The molecule has 2 unspecified atom stereocenters. The molecule has 1 N–H and O–H groups in total. The molecule has 0 aromatic heterocycles. The molecular weight excluding hydrogens is 379 g/mol. The topological polar surface area (TPSA) is 65.1 Å². The molecule has 3 fully saturated rings. The minimum Gasteiger partial charge on any atom is -0.379 e. The van der Waals surface area contributed by atoms with Crippen molar-refractivity contribution in [3.8, 4) is 0 Å². The second kappa shape index (κ2) is 11.3. The fraction of sp³-hybridized carbons (Fsp3) is 0.882. The molecule has 7 nitrogen and oxygen atoms in total. The van der Waals surface area contributed by atoms with Crippen molar-refractivity contribution in [3.63, 3.8) is 0 Å². The van der Waals surface area contributed by atoms with Gasteiger partial charge in [0, 0.05) is 52.2 Å². The normalized spacial score (nSPS) is 26.6. The van der Waals surface area contributed by atoms with E-state index in [0.717, 1.165) is 65.4 Å². The van der Waals surface area contributed by atoms with Gasteiger partial charge in [-0.3, -0.25) is 14.5 Å². The molecule has 3 aliphatic heterocycles. The van der Waals surface area contributed by atoms with Crippen LogP contribution in [0.25, 0.3) is 0 Å². The first kappa shape index (κ1) is 23.4. The minimum absolute atomic E-state index is 0. The van der Waals surface area contributed by atoms with Crippen LogP contribution >= 0.6 is 24.8 Å². The molecule has 152 valence electrons. The zero-order valence-corrected chi connectivity index (χ0v) is 17.2. The predicted octanol–water partition coefficient (Wildman–Crippen LogP) is 0.0786. The zero-order chi connectivity index (χ0) is 16.9. The Kier molecular flexibility index (Phi) is 10.2. The van der Waals surface area contributed by atoms with Crippen LogP contribution in [-0.2, 0) is 14.3 Å². The van der Waals surface area contributed by atoms with Gasteiger partial charge in [0.25, 0.3) is 0 Å². The molecule has 26 heavy (non-hydrogen) atoms. The molecule has 0 saturated carbocycles. The summed E-state index contributed by atoms with van der Waals surface area (Å²) in [5.74, 6) is 0.715. The van der Waals surface area contributed by atoms with Gasteiger partial charge in [-0.05, 0) is 25.9 Å². The van der Waals surface area contributed by atoms with Crippen LogP contribution < -0.4 is 5.32 Å².